The van der Waals surface area contributed by atoms with Crippen molar-refractivity contribution in [2.45, 2.75) is 20.3 Å². The molecule has 0 saturated heterocycles. The van der Waals surface area contributed by atoms with Crippen LogP contribution in [-0.4, -0.2) is 15.0 Å². The molecule has 0 spiro atoms. The van der Waals surface area contributed by atoms with Crippen molar-refractivity contribution in [3.05, 3.63) is 12.0 Å². The Balaban J connectivity index is 3.80. The van der Waals surface area contributed by atoms with E-state index in [1.54, 1.807) is 0 Å². The van der Waals surface area contributed by atoms with Gasteiger partial charge in [0.25, 0.3) is 0 Å². The Bertz CT molecular complexity index is 208. The molecule has 0 aliphatic carbocycles. The lowest BCUT2D eigenvalue weighted by Gasteiger charge is -2.07. The van der Waals surface area contributed by atoms with E-state index in [1.165, 1.54) is 0 Å². The molecule has 0 bridgehead atoms. The fourth-order valence-corrected chi connectivity index (χ4v) is 1.10. The van der Waals surface area contributed by atoms with Crippen molar-refractivity contribution in [3.63, 3.8) is 0 Å². The molecule has 1 unspecified atom stereocenters. The number of rotatable bonds is 5. The zero-order valence-corrected chi connectivity index (χ0v) is 7.82. The van der Waals surface area contributed by atoms with Gasteiger partial charge in [0, 0.05) is 12.0 Å². The van der Waals surface area contributed by atoms with Crippen LogP contribution in [0.5, 0.6) is 0 Å². The van der Waals surface area contributed by atoms with E-state index in [1.807, 2.05) is 13.8 Å². The number of hydrogen-bond donors (Lipinski definition) is 1. The summed E-state index contributed by atoms with van der Waals surface area (Å²) in [6.45, 7) is 7.69. The van der Waals surface area contributed by atoms with Gasteiger partial charge in [-0.2, -0.15) is 0 Å². The molecule has 1 N–H and O–H groups in total. The molecule has 0 aromatic rings. The van der Waals surface area contributed by atoms with E-state index >= 15 is 0 Å². The van der Waals surface area contributed by atoms with Gasteiger partial charge in [0.1, 0.15) is 0 Å². The molecule has 0 aromatic carbocycles. The van der Waals surface area contributed by atoms with Gasteiger partial charge in [-0.1, -0.05) is 26.8 Å². The van der Waals surface area contributed by atoms with Gasteiger partial charge in [-0.15, -0.1) is 0 Å². The molecule has 0 saturated carbocycles. The lowest BCUT2D eigenvalue weighted by molar-refractivity contribution is 0.533. The van der Waals surface area contributed by atoms with Crippen LogP contribution < -0.4 is 4.72 Å². The van der Waals surface area contributed by atoms with Crippen LogP contribution in [-0.2, 0) is 10.0 Å². The van der Waals surface area contributed by atoms with Crippen LogP contribution in [0.2, 0.25) is 0 Å². The first-order chi connectivity index (χ1) is 5.02. The average Bonchev–Trinajstić information content (AvgIpc) is 2.00. The van der Waals surface area contributed by atoms with Gasteiger partial charge < -0.3 is 0 Å². The molecule has 0 rings (SSSR count). The number of sulfonamides is 1. The van der Waals surface area contributed by atoms with E-state index in [2.05, 4.69) is 11.3 Å². The number of hydrogen-bond acceptors (Lipinski definition) is 2. The summed E-state index contributed by atoms with van der Waals surface area (Å²) in [5.41, 5.74) is 0. The molecule has 0 aromatic heterocycles. The summed E-state index contributed by atoms with van der Waals surface area (Å²) in [7, 11) is -3.21. The van der Waals surface area contributed by atoms with Crippen LogP contribution in [0, 0.1) is 5.92 Å². The zero-order chi connectivity index (χ0) is 8.91. The Kier molecular flexibility index (Phi) is 4.37. The lowest BCUT2D eigenvalue weighted by atomic mass is 10.1. The smallest absolute Gasteiger partial charge is 0.211 e. The highest BCUT2D eigenvalue weighted by molar-refractivity contribution is 7.92. The van der Waals surface area contributed by atoms with Crippen LogP contribution in [0.3, 0.4) is 0 Å². The first-order valence-corrected chi connectivity index (χ1v) is 5.18. The molecule has 0 amide bonds. The predicted molar refractivity (Wildman–Crippen MR) is 46.6 cm³/mol. The fraction of sp³-hybridized carbons (Fsp3) is 0.714. The van der Waals surface area contributed by atoms with E-state index in [9.17, 15) is 8.42 Å². The normalized spacial score (nSPS) is 14.4. The molecular formula is C7H15NO2S. The Hall–Kier alpha value is -0.350. The molecule has 0 aliphatic rings. The summed E-state index contributed by atoms with van der Waals surface area (Å²) in [4.78, 5) is 0. The van der Waals surface area contributed by atoms with Crippen LogP contribution in [0.1, 0.15) is 20.3 Å². The third-order valence-corrected chi connectivity index (χ3v) is 2.56. The van der Waals surface area contributed by atoms with Gasteiger partial charge in [0.2, 0.25) is 10.0 Å². The van der Waals surface area contributed by atoms with Gasteiger partial charge in [-0.3, -0.25) is 0 Å². The zero-order valence-electron chi connectivity index (χ0n) is 7.00. The van der Waals surface area contributed by atoms with Gasteiger partial charge >= 0.3 is 0 Å². The Labute approximate surface area is 68.5 Å². The van der Waals surface area contributed by atoms with Crippen LogP contribution in [0.15, 0.2) is 12.0 Å². The Morgan fingerprint density at radius 1 is 1.64 bits per heavy atom. The van der Waals surface area contributed by atoms with Crippen molar-refractivity contribution < 1.29 is 8.42 Å². The van der Waals surface area contributed by atoms with Gasteiger partial charge in [-0.25, -0.2) is 13.1 Å². The minimum absolute atomic E-state index is 0.379. The van der Waals surface area contributed by atoms with Crippen molar-refractivity contribution in [2.75, 3.05) is 6.54 Å². The highest BCUT2D eigenvalue weighted by Crippen LogP contribution is 1.98. The molecule has 4 heteroatoms. The Morgan fingerprint density at radius 2 is 2.18 bits per heavy atom. The topological polar surface area (TPSA) is 46.2 Å². The number of nitrogens with one attached hydrogen (secondary N) is 1. The monoisotopic (exact) mass is 177 g/mol. The largest absolute Gasteiger partial charge is 0.233 e. The predicted octanol–water partition coefficient (Wildman–Crippen LogP) is 1.10. The summed E-state index contributed by atoms with van der Waals surface area (Å²) in [6.07, 6.45) is 0.972. The second-order valence-electron chi connectivity index (χ2n) is 2.57. The van der Waals surface area contributed by atoms with E-state index < -0.39 is 10.0 Å². The third kappa shape index (κ3) is 4.98. The van der Waals surface area contributed by atoms with Crippen molar-refractivity contribution in [1.29, 1.82) is 0 Å². The summed E-state index contributed by atoms with van der Waals surface area (Å²) in [5, 5.41) is 0.926. The van der Waals surface area contributed by atoms with Crippen LogP contribution >= 0.6 is 0 Å². The van der Waals surface area contributed by atoms with Crippen LogP contribution in [0.4, 0.5) is 0 Å². The maximum absolute atomic E-state index is 10.8. The SMILES string of the molecule is C=CS(=O)(=O)NCC(C)CC. The highest BCUT2D eigenvalue weighted by atomic mass is 32.2. The van der Waals surface area contributed by atoms with Crippen molar-refractivity contribution in [2.24, 2.45) is 5.92 Å². The van der Waals surface area contributed by atoms with E-state index in [0.717, 1.165) is 11.8 Å². The minimum Gasteiger partial charge on any atom is -0.211 e. The first kappa shape index (κ1) is 10.7. The van der Waals surface area contributed by atoms with Crippen molar-refractivity contribution >= 4 is 10.0 Å². The van der Waals surface area contributed by atoms with E-state index in [-0.39, 0.29) is 0 Å². The van der Waals surface area contributed by atoms with Gasteiger partial charge in [0.05, 0.1) is 0 Å². The maximum atomic E-state index is 10.8. The standard InChI is InChI=1S/C7H15NO2S/c1-4-7(3)6-8-11(9,10)5-2/h5,7-8H,2,4,6H2,1,3H3. The third-order valence-electron chi connectivity index (χ3n) is 1.55. The molecule has 0 radical (unpaired) electrons. The van der Waals surface area contributed by atoms with E-state index in [0.29, 0.717) is 12.5 Å². The average molecular weight is 177 g/mol. The quantitative estimate of drug-likeness (QED) is 0.683. The molecule has 0 heterocycles. The molecule has 1 atom stereocenters. The fourth-order valence-electron chi connectivity index (χ4n) is 0.462. The summed E-state index contributed by atoms with van der Waals surface area (Å²) < 4.78 is 24.0. The minimum atomic E-state index is -3.21. The molecular weight excluding hydrogens is 162 g/mol. The van der Waals surface area contributed by atoms with E-state index in [4.69, 9.17) is 0 Å². The van der Waals surface area contributed by atoms with Crippen LogP contribution in [0.25, 0.3) is 0 Å². The lowest BCUT2D eigenvalue weighted by Crippen LogP contribution is -2.26. The summed E-state index contributed by atoms with van der Waals surface area (Å²) >= 11 is 0. The van der Waals surface area contributed by atoms with Gasteiger partial charge in [0.15, 0.2) is 0 Å². The molecule has 11 heavy (non-hydrogen) atoms. The molecule has 0 fully saturated rings. The molecule has 66 valence electrons. The maximum Gasteiger partial charge on any atom is 0.233 e. The van der Waals surface area contributed by atoms with Gasteiger partial charge in [-0.05, 0) is 5.92 Å². The Morgan fingerprint density at radius 3 is 2.55 bits per heavy atom. The molecule has 3 nitrogen and oxygen atoms in total. The van der Waals surface area contributed by atoms with Crippen molar-refractivity contribution in [1.82, 2.24) is 4.72 Å². The first-order valence-electron chi connectivity index (χ1n) is 3.64. The molecule has 0 aliphatic heterocycles. The second kappa shape index (κ2) is 4.51. The highest BCUT2D eigenvalue weighted by Gasteiger charge is 2.05. The summed E-state index contributed by atoms with van der Waals surface area (Å²) in [5.74, 6) is 0.379. The second-order valence-corrected chi connectivity index (χ2v) is 4.29. The van der Waals surface area contributed by atoms with Crippen molar-refractivity contribution in [3.8, 4) is 0 Å². The summed E-state index contributed by atoms with van der Waals surface area (Å²) in [6, 6.07) is 0.